The van der Waals surface area contributed by atoms with Crippen molar-refractivity contribution in [2.75, 3.05) is 25.6 Å². The summed E-state index contributed by atoms with van der Waals surface area (Å²) in [5, 5.41) is 13.6. The molecular formula is C16H20N2O3S. The van der Waals surface area contributed by atoms with Crippen molar-refractivity contribution < 1.29 is 14.4 Å². The maximum atomic E-state index is 9.46. The first kappa shape index (κ1) is 15.5. The van der Waals surface area contributed by atoms with Gasteiger partial charge in [-0.15, -0.1) is 11.8 Å². The Bertz CT molecular complexity index is 634. The van der Waals surface area contributed by atoms with Crippen LogP contribution in [0.1, 0.15) is 23.6 Å². The Hall–Kier alpha value is -1.37. The van der Waals surface area contributed by atoms with E-state index in [1.165, 1.54) is 0 Å². The van der Waals surface area contributed by atoms with Crippen LogP contribution >= 0.6 is 11.8 Å². The van der Waals surface area contributed by atoms with E-state index in [0.717, 1.165) is 16.9 Å². The van der Waals surface area contributed by atoms with Crippen molar-refractivity contribution in [3.8, 4) is 11.4 Å². The molecule has 1 aliphatic rings. The van der Waals surface area contributed by atoms with Gasteiger partial charge >= 0.3 is 0 Å². The molecule has 2 aromatic rings. The van der Waals surface area contributed by atoms with Crippen molar-refractivity contribution in [3.63, 3.8) is 0 Å². The van der Waals surface area contributed by atoms with Crippen LogP contribution in [0, 0.1) is 12.3 Å². The molecule has 1 aliphatic heterocycles. The van der Waals surface area contributed by atoms with Crippen molar-refractivity contribution in [2.24, 2.45) is 5.41 Å². The lowest BCUT2D eigenvalue weighted by Gasteiger charge is -2.39. The van der Waals surface area contributed by atoms with Crippen LogP contribution in [0.2, 0.25) is 0 Å². The Balaban J connectivity index is 1.67. The fourth-order valence-corrected chi connectivity index (χ4v) is 3.42. The summed E-state index contributed by atoms with van der Waals surface area (Å²) in [5.74, 6) is 2.08. The first-order chi connectivity index (χ1) is 10.6. The third-order valence-corrected chi connectivity index (χ3v) is 5.45. The van der Waals surface area contributed by atoms with Gasteiger partial charge in [0.25, 0.3) is 0 Å². The Morgan fingerprint density at radius 3 is 2.77 bits per heavy atom. The van der Waals surface area contributed by atoms with Gasteiger partial charge in [-0.2, -0.15) is 4.98 Å². The second kappa shape index (κ2) is 6.40. The van der Waals surface area contributed by atoms with Gasteiger partial charge in [-0.05, 0) is 19.4 Å². The standard InChI is InChI=1S/C16H20N2O3S/c1-11-5-3-4-6-13(11)14-17-15(21-18-14)12(2)22-10-16(7-19)8-20-9-16/h3-6,12,19H,7-10H2,1-2H3. The number of aliphatic hydroxyl groups is 1. The molecule has 1 aromatic carbocycles. The van der Waals surface area contributed by atoms with Gasteiger partial charge in [0.2, 0.25) is 11.7 Å². The summed E-state index contributed by atoms with van der Waals surface area (Å²) in [7, 11) is 0. The van der Waals surface area contributed by atoms with E-state index >= 15 is 0 Å². The van der Waals surface area contributed by atoms with Gasteiger partial charge in [0.05, 0.1) is 25.1 Å². The molecule has 22 heavy (non-hydrogen) atoms. The molecule has 2 heterocycles. The Morgan fingerprint density at radius 1 is 1.36 bits per heavy atom. The van der Waals surface area contributed by atoms with Crippen molar-refractivity contribution in [2.45, 2.75) is 19.1 Å². The van der Waals surface area contributed by atoms with Crippen molar-refractivity contribution in [1.82, 2.24) is 10.1 Å². The van der Waals surface area contributed by atoms with Crippen molar-refractivity contribution in [3.05, 3.63) is 35.7 Å². The number of aliphatic hydroxyl groups excluding tert-OH is 1. The number of aromatic nitrogens is 2. The number of nitrogens with zero attached hydrogens (tertiary/aromatic N) is 2. The molecule has 3 rings (SSSR count). The summed E-state index contributed by atoms with van der Waals surface area (Å²) in [6.45, 7) is 5.49. The number of thioether (sulfide) groups is 1. The van der Waals surface area contributed by atoms with Gasteiger partial charge in [-0.25, -0.2) is 0 Å². The first-order valence-corrected chi connectivity index (χ1v) is 8.38. The minimum atomic E-state index is -0.0994. The maximum absolute atomic E-state index is 9.46. The van der Waals surface area contributed by atoms with E-state index in [2.05, 4.69) is 10.1 Å². The molecule has 6 heteroatoms. The lowest BCUT2D eigenvalue weighted by atomic mass is 9.90. The van der Waals surface area contributed by atoms with Crippen LogP contribution in [0.15, 0.2) is 28.8 Å². The number of hydrogen-bond acceptors (Lipinski definition) is 6. The van der Waals surface area contributed by atoms with Gasteiger partial charge in [-0.3, -0.25) is 0 Å². The average Bonchev–Trinajstić information content (AvgIpc) is 2.96. The van der Waals surface area contributed by atoms with Crippen LogP contribution in [-0.4, -0.2) is 40.8 Å². The van der Waals surface area contributed by atoms with Gasteiger partial charge in [-0.1, -0.05) is 29.4 Å². The van der Waals surface area contributed by atoms with E-state index in [1.54, 1.807) is 11.8 Å². The highest BCUT2D eigenvalue weighted by molar-refractivity contribution is 7.99. The molecule has 1 N–H and O–H groups in total. The predicted molar refractivity (Wildman–Crippen MR) is 85.7 cm³/mol. The summed E-state index contributed by atoms with van der Waals surface area (Å²) >= 11 is 1.71. The zero-order chi connectivity index (χ0) is 15.6. The SMILES string of the molecule is Cc1ccccc1-c1noc(C(C)SCC2(CO)COC2)n1. The number of hydrogen-bond donors (Lipinski definition) is 1. The van der Waals surface area contributed by atoms with Gasteiger partial charge in [0.15, 0.2) is 0 Å². The van der Waals surface area contributed by atoms with Gasteiger partial charge < -0.3 is 14.4 Å². The molecule has 0 aliphatic carbocycles. The lowest BCUT2D eigenvalue weighted by Crippen LogP contribution is -2.47. The molecule has 0 amide bonds. The highest BCUT2D eigenvalue weighted by Crippen LogP contribution is 2.37. The normalized spacial score (nSPS) is 18.0. The summed E-state index contributed by atoms with van der Waals surface area (Å²) in [6, 6.07) is 7.99. The third-order valence-electron chi connectivity index (χ3n) is 3.97. The van der Waals surface area contributed by atoms with Crippen molar-refractivity contribution in [1.29, 1.82) is 0 Å². The summed E-state index contributed by atoms with van der Waals surface area (Å²) in [5.41, 5.74) is 2.02. The molecule has 1 aromatic heterocycles. The molecule has 1 unspecified atom stereocenters. The molecule has 118 valence electrons. The third kappa shape index (κ3) is 3.04. The molecule has 1 atom stereocenters. The molecule has 0 saturated carbocycles. The summed E-state index contributed by atoms with van der Waals surface area (Å²) in [4.78, 5) is 4.52. The van der Waals surface area contributed by atoms with Crippen LogP contribution in [0.3, 0.4) is 0 Å². The second-order valence-electron chi connectivity index (χ2n) is 5.88. The van der Waals surface area contributed by atoms with E-state index in [1.807, 2.05) is 38.1 Å². The number of ether oxygens (including phenoxy) is 1. The number of benzene rings is 1. The van der Waals surface area contributed by atoms with Crippen molar-refractivity contribution >= 4 is 11.8 Å². The molecule has 1 fully saturated rings. The number of rotatable bonds is 6. The van der Waals surface area contributed by atoms with Gasteiger partial charge in [0, 0.05) is 16.7 Å². The minimum Gasteiger partial charge on any atom is -0.396 e. The van der Waals surface area contributed by atoms with Crippen LogP contribution in [0.5, 0.6) is 0 Å². The molecule has 0 bridgehead atoms. The highest BCUT2D eigenvalue weighted by Gasteiger charge is 2.38. The molecule has 0 radical (unpaired) electrons. The minimum absolute atomic E-state index is 0.0919. The summed E-state index contributed by atoms with van der Waals surface area (Å²) < 4.78 is 10.6. The fourth-order valence-electron chi connectivity index (χ4n) is 2.32. The Kier molecular flexibility index (Phi) is 4.52. The monoisotopic (exact) mass is 320 g/mol. The average molecular weight is 320 g/mol. The first-order valence-electron chi connectivity index (χ1n) is 7.33. The van der Waals surface area contributed by atoms with E-state index in [0.29, 0.717) is 24.9 Å². The largest absolute Gasteiger partial charge is 0.396 e. The molecule has 1 saturated heterocycles. The van der Waals surface area contributed by atoms with Crippen LogP contribution in [-0.2, 0) is 4.74 Å². The Morgan fingerprint density at radius 2 is 2.14 bits per heavy atom. The highest BCUT2D eigenvalue weighted by atomic mass is 32.2. The molecular weight excluding hydrogens is 300 g/mol. The van der Waals surface area contributed by atoms with E-state index in [-0.39, 0.29) is 17.3 Å². The van der Waals surface area contributed by atoms with E-state index < -0.39 is 0 Å². The quantitative estimate of drug-likeness (QED) is 0.882. The second-order valence-corrected chi connectivity index (χ2v) is 7.20. The van der Waals surface area contributed by atoms with E-state index in [9.17, 15) is 5.11 Å². The van der Waals surface area contributed by atoms with Crippen LogP contribution in [0.25, 0.3) is 11.4 Å². The summed E-state index contributed by atoms with van der Waals surface area (Å²) in [6.07, 6.45) is 0. The Labute approximate surface area is 134 Å². The smallest absolute Gasteiger partial charge is 0.239 e. The topological polar surface area (TPSA) is 68.4 Å². The zero-order valence-corrected chi connectivity index (χ0v) is 13.6. The lowest BCUT2D eigenvalue weighted by molar-refractivity contribution is -0.121. The number of aryl methyl sites for hydroxylation is 1. The van der Waals surface area contributed by atoms with Gasteiger partial charge in [0.1, 0.15) is 0 Å². The fraction of sp³-hybridized carbons (Fsp3) is 0.500. The molecule has 5 nitrogen and oxygen atoms in total. The predicted octanol–water partition coefficient (Wildman–Crippen LogP) is 2.85. The van der Waals surface area contributed by atoms with Crippen LogP contribution in [0.4, 0.5) is 0 Å². The maximum Gasteiger partial charge on any atom is 0.239 e. The van der Waals surface area contributed by atoms with E-state index in [4.69, 9.17) is 9.26 Å². The molecule has 0 spiro atoms. The van der Waals surface area contributed by atoms with Crippen LogP contribution < -0.4 is 0 Å². The zero-order valence-electron chi connectivity index (χ0n) is 12.8.